The minimum absolute atomic E-state index is 0.132. The molecule has 6 heteroatoms. The number of ether oxygens (including phenoxy) is 2. The molecule has 0 saturated carbocycles. The molecule has 146 valence electrons. The Kier molecular flexibility index (Phi) is 6.15. The summed E-state index contributed by atoms with van der Waals surface area (Å²) in [5, 5.41) is 0.180. The normalized spacial score (nSPS) is 19.1. The fourth-order valence-corrected chi connectivity index (χ4v) is 3.85. The van der Waals surface area contributed by atoms with Gasteiger partial charge in [-0.2, -0.15) is 0 Å². The molecule has 0 N–H and O–H groups in total. The first kappa shape index (κ1) is 20.1. The summed E-state index contributed by atoms with van der Waals surface area (Å²) in [5.74, 6) is -2.90. The van der Waals surface area contributed by atoms with Gasteiger partial charge in [0.2, 0.25) is 0 Å². The third-order valence-electron chi connectivity index (χ3n) is 4.82. The van der Waals surface area contributed by atoms with Crippen LogP contribution in [0.3, 0.4) is 0 Å². The lowest BCUT2D eigenvalue weighted by Crippen LogP contribution is -2.34. The van der Waals surface area contributed by atoms with Crippen molar-refractivity contribution in [2.45, 2.75) is 19.3 Å². The summed E-state index contributed by atoms with van der Waals surface area (Å²) < 4.78 is 25.0. The van der Waals surface area contributed by atoms with E-state index in [-0.39, 0.29) is 23.6 Å². The Labute approximate surface area is 167 Å². The summed E-state index contributed by atoms with van der Waals surface area (Å²) in [7, 11) is 1.55. The number of methoxy groups -OCH3 is 1. The molecule has 0 fully saturated rings. The van der Waals surface area contributed by atoms with Gasteiger partial charge in [-0.3, -0.25) is 9.59 Å². The van der Waals surface area contributed by atoms with E-state index in [1.54, 1.807) is 32.2 Å². The number of rotatable bonds is 5. The maximum atomic E-state index is 14.6. The van der Waals surface area contributed by atoms with E-state index in [9.17, 15) is 14.0 Å². The fraction of sp³-hybridized carbons (Fsp3) is 0.273. The van der Waals surface area contributed by atoms with E-state index in [0.29, 0.717) is 11.3 Å². The highest BCUT2D eigenvalue weighted by Gasteiger charge is 2.41. The number of hydrogen-bond donors (Lipinski definition) is 0. The van der Waals surface area contributed by atoms with E-state index < -0.39 is 29.4 Å². The first-order valence-corrected chi connectivity index (χ1v) is 9.33. The summed E-state index contributed by atoms with van der Waals surface area (Å²) >= 11 is 6.26. The van der Waals surface area contributed by atoms with Crippen LogP contribution in [0.1, 0.15) is 30.4 Å². The Morgan fingerprint density at radius 3 is 2.68 bits per heavy atom. The van der Waals surface area contributed by atoms with E-state index in [1.807, 2.05) is 12.1 Å². The van der Waals surface area contributed by atoms with Crippen molar-refractivity contribution in [3.63, 3.8) is 0 Å². The van der Waals surface area contributed by atoms with Crippen molar-refractivity contribution in [1.82, 2.24) is 0 Å². The Balaban J connectivity index is 2.10. The van der Waals surface area contributed by atoms with Gasteiger partial charge in [-0.1, -0.05) is 29.8 Å². The van der Waals surface area contributed by atoms with Gasteiger partial charge in [0, 0.05) is 16.5 Å². The second kappa shape index (κ2) is 8.57. The minimum Gasteiger partial charge on any atom is -0.497 e. The Morgan fingerprint density at radius 1 is 1.25 bits per heavy atom. The summed E-state index contributed by atoms with van der Waals surface area (Å²) in [6, 6.07) is 11.6. The molecule has 2 atom stereocenters. The van der Waals surface area contributed by atoms with Crippen LogP contribution in [0.2, 0.25) is 5.02 Å². The van der Waals surface area contributed by atoms with E-state index in [1.165, 1.54) is 18.2 Å². The number of benzene rings is 2. The topological polar surface area (TPSA) is 52.6 Å². The number of hydrogen-bond acceptors (Lipinski definition) is 4. The molecule has 0 amide bonds. The lowest BCUT2D eigenvalue weighted by molar-refractivity contribution is -0.151. The van der Waals surface area contributed by atoms with Gasteiger partial charge < -0.3 is 9.47 Å². The molecule has 4 nitrogen and oxygen atoms in total. The van der Waals surface area contributed by atoms with Crippen LogP contribution in [0.5, 0.6) is 5.75 Å². The molecule has 0 bridgehead atoms. The van der Waals surface area contributed by atoms with E-state index in [0.717, 1.165) is 5.56 Å². The highest BCUT2D eigenvalue weighted by Crippen LogP contribution is 2.43. The van der Waals surface area contributed by atoms with Crippen LogP contribution in [-0.4, -0.2) is 25.5 Å². The van der Waals surface area contributed by atoms with Gasteiger partial charge in [0.15, 0.2) is 5.78 Å². The predicted molar refractivity (Wildman–Crippen MR) is 105 cm³/mol. The minimum atomic E-state index is -1.14. The number of halogens is 2. The van der Waals surface area contributed by atoms with Crippen molar-refractivity contribution < 1.29 is 23.5 Å². The van der Waals surface area contributed by atoms with Gasteiger partial charge in [-0.25, -0.2) is 4.39 Å². The number of carbonyl (C=O) groups excluding carboxylic acids is 2. The number of carbonyl (C=O) groups is 2. The van der Waals surface area contributed by atoms with E-state index in [4.69, 9.17) is 21.1 Å². The average molecular weight is 403 g/mol. The van der Waals surface area contributed by atoms with Crippen molar-refractivity contribution in [1.29, 1.82) is 0 Å². The van der Waals surface area contributed by atoms with Crippen molar-refractivity contribution in [2.24, 2.45) is 5.92 Å². The Morgan fingerprint density at radius 2 is 2.00 bits per heavy atom. The number of esters is 1. The van der Waals surface area contributed by atoms with Crippen molar-refractivity contribution in [3.05, 3.63) is 70.5 Å². The average Bonchev–Trinajstić information content (AvgIpc) is 2.67. The van der Waals surface area contributed by atoms with Crippen molar-refractivity contribution in [3.8, 4) is 5.75 Å². The lowest BCUT2D eigenvalue weighted by Gasteiger charge is -2.30. The van der Waals surface area contributed by atoms with Crippen LogP contribution in [-0.2, 0) is 14.3 Å². The van der Waals surface area contributed by atoms with E-state index in [2.05, 4.69) is 0 Å². The van der Waals surface area contributed by atoms with Crippen molar-refractivity contribution in [2.75, 3.05) is 13.7 Å². The molecule has 2 aromatic carbocycles. The predicted octanol–water partition coefficient (Wildman–Crippen LogP) is 4.81. The molecule has 0 saturated heterocycles. The van der Waals surface area contributed by atoms with Crippen LogP contribution < -0.4 is 4.74 Å². The zero-order chi connectivity index (χ0) is 20.3. The highest BCUT2D eigenvalue weighted by atomic mass is 35.5. The number of allylic oxidation sites excluding steroid dienone is 2. The molecule has 3 rings (SSSR count). The van der Waals surface area contributed by atoms with Crippen LogP contribution >= 0.6 is 11.6 Å². The van der Waals surface area contributed by atoms with E-state index >= 15 is 0 Å². The standard InChI is InChI=1S/C22H20ClFO4/c1-3-28-22(26)21-16(20-17(23)8-5-9-18(20)24)11-14(12-19(21)25)13-6-4-7-15(10-13)27-2/h4-10,12,16,21H,3,11H2,1-2H3. The third-order valence-corrected chi connectivity index (χ3v) is 5.15. The summed E-state index contributed by atoms with van der Waals surface area (Å²) in [6.07, 6.45) is 1.70. The monoisotopic (exact) mass is 402 g/mol. The van der Waals surface area contributed by atoms with Crippen LogP contribution in [0.25, 0.3) is 5.57 Å². The molecule has 0 aromatic heterocycles. The second-order valence-electron chi connectivity index (χ2n) is 6.48. The maximum absolute atomic E-state index is 14.6. The van der Waals surface area contributed by atoms with Gasteiger partial charge in [0.1, 0.15) is 17.5 Å². The Hall–Kier alpha value is -2.66. The second-order valence-corrected chi connectivity index (χ2v) is 6.89. The molecular formula is C22H20ClFO4. The summed E-state index contributed by atoms with van der Waals surface area (Å²) in [4.78, 5) is 25.4. The fourth-order valence-electron chi connectivity index (χ4n) is 3.54. The van der Waals surface area contributed by atoms with Gasteiger partial charge in [-0.05, 0) is 54.8 Å². The van der Waals surface area contributed by atoms with Gasteiger partial charge in [-0.15, -0.1) is 0 Å². The zero-order valence-electron chi connectivity index (χ0n) is 15.6. The molecule has 1 aliphatic carbocycles. The molecule has 2 unspecified atom stereocenters. The van der Waals surface area contributed by atoms with Crippen molar-refractivity contribution >= 4 is 28.9 Å². The highest BCUT2D eigenvalue weighted by molar-refractivity contribution is 6.31. The molecular weight excluding hydrogens is 383 g/mol. The summed E-state index contributed by atoms with van der Waals surface area (Å²) in [6.45, 7) is 1.79. The molecule has 2 aromatic rings. The molecule has 0 aliphatic heterocycles. The van der Waals surface area contributed by atoms with Crippen LogP contribution in [0.4, 0.5) is 4.39 Å². The SMILES string of the molecule is CCOC(=O)C1C(=O)C=C(c2cccc(OC)c2)CC1c1c(F)cccc1Cl. The molecule has 0 heterocycles. The quantitative estimate of drug-likeness (QED) is 0.532. The third kappa shape index (κ3) is 3.94. The molecule has 0 spiro atoms. The molecule has 1 aliphatic rings. The first-order chi connectivity index (χ1) is 13.5. The molecule has 0 radical (unpaired) electrons. The largest absolute Gasteiger partial charge is 0.497 e. The molecule has 28 heavy (non-hydrogen) atoms. The Bertz CT molecular complexity index is 918. The maximum Gasteiger partial charge on any atom is 0.317 e. The smallest absolute Gasteiger partial charge is 0.317 e. The van der Waals surface area contributed by atoms with Gasteiger partial charge in [0.05, 0.1) is 13.7 Å². The van der Waals surface area contributed by atoms with Crippen LogP contribution in [0, 0.1) is 11.7 Å². The zero-order valence-corrected chi connectivity index (χ0v) is 16.3. The van der Waals surface area contributed by atoms with Gasteiger partial charge in [0.25, 0.3) is 0 Å². The summed E-state index contributed by atoms with van der Waals surface area (Å²) in [5.41, 5.74) is 1.62. The lowest BCUT2D eigenvalue weighted by atomic mass is 9.73. The first-order valence-electron chi connectivity index (χ1n) is 8.95. The van der Waals surface area contributed by atoms with Gasteiger partial charge >= 0.3 is 5.97 Å². The number of ketones is 1. The van der Waals surface area contributed by atoms with Crippen LogP contribution in [0.15, 0.2) is 48.5 Å².